The van der Waals surface area contributed by atoms with E-state index in [1.807, 2.05) is 52.8 Å². The molecule has 0 amide bonds. The van der Waals surface area contributed by atoms with E-state index >= 15 is 0 Å². The van der Waals surface area contributed by atoms with Crippen molar-refractivity contribution in [3.05, 3.63) is 23.8 Å². The molecule has 5 fully saturated rings. The summed E-state index contributed by atoms with van der Waals surface area (Å²) in [4.78, 5) is 27.4. The SMILES string of the molecule is CCC(C)C(=O)O[C@@H]1[C@@H]2OC[C@]3(C)C=C[C@]4(O)[C@H](OC)O[C@H]([C@]1(C)[C@]15O[C@H]1C[C@H](C1=C[C@H](OC)O[C@@H]1OC)[C@@]5(C)C=O)[C@]4(C)C23. The van der Waals surface area contributed by atoms with Gasteiger partial charge in [0.2, 0.25) is 0 Å². The van der Waals surface area contributed by atoms with Crippen molar-refractivity contribution < 1.29 is 52.6 Å². The minimum Gasteiger partial charge on any atom is -0.459 e. The molecule has 0 radical (unpaired) electrons. The summed E-state index contributed by atoms with van der Waals surface area (Å²) in [6.45, 7) is 12.2. The molecule has 4 aliphatic heterocycles. The lowest BCUT2D eigenvalue weighted by atomic mass is 9.40. The number of ether oxygens (including phenoxy) is 8. The van der Waals surface area contributed by atoms with Crippen molar-refractivity contribution >= 4 is 12.3 Å². The average Bonchev–Trinajstić information content (AvgIpc) is 3.24. The van der Waals surface area contributed by atoms with Crippen molar-refractivity contribution in [1.29, 1.82) is 0 Å². The van der Waals surface area contributed by atoms with E-state index in [0.29, 0.717) is 19.4 Å². The van der Waals surface area contributed by atoms with E-state index in [2.05, 4.69) is 6.92 Å². The van der Waals surface area contributed by atoms with Gasteiger partial charge in [-0.25, -0.2) is 0 Å². The van der Waals surface area contributed by atoms with Crippen LogP contribution in [-0.2, 0) is 47.5 Å². The topological polar surface area (TPSA) is 132 Å². The van der Waals surface area contributed by atoms with Gasteiger partial charge in [-0.15, -0.1) is 0 Å². The summed E-state index contributed by atoms with van der Waals surface area (Å²) in [6.07, 6.45) is 2.90. The van der Waals surface area contributed by atoms with Gasteiger partial charge in [0.05, 0.1) is 41.7 Å². The van der Waals surface area contributed by atoms with Gasteiger partial charge in [0, 0.05) is 44.0 Å². The Labute approximate surface area is 264 Å². The molecule has 0 aromatic heterocycles. The van der Waals surface area contributed by atoms with Crippen LogP contribution < -0.4 is 0 Å². The van der Waals surface area contributed by atoms with Crippen LogP contribution in [-0.4, -0.2) is 99.8 Å². The first-order valence-electron chi connectivity index (χ1n) is 16.2. The average molecular weight is 633 g/mol. The molecule has 0 spiro atoms. The molecule has 0 aromatic carbocycles. The fourth-order valence-electron chi connectivity index (χ4n) is 11.0. The number of carbonyl (C=O) groups excluding carboxylic acids is 2. The van der Waals surface area contributed by atoms with Crippen molar-refractivity contribution in [1.82, 2.24) is 0 Å². The molecule has 7 rings (SSSR count). The van der Waals surface area contributed by atoms with Crippen LogP contribution in [0.4, 0.5) is 0 Å². The van der Waals surface area contributed by atoms with Crippen LogP contribution in [0, 0.1) is 39.4 Å². The first kappa shape index (κ1) is 31.9. The number of epoxide rings is 1. The van der Waals surface area contributed by atoms with E-state index in [9.17, 15) is 14.7 Å². The number of aldehydes is 1. The quantitative estimate of drug-likeness (QED) is 0.174. The number of rotatable bonds is 9. The van der Waals surface area contributed by atoms with Gasteiger partial charge in [-0.1, -0.05) is 46.8 Å². The Bertz CT molecular complexity index is 1330. The first-order chi connectivity index (χ1) is 21.2. The number of carbonyl (C=O) groups is 2. The number of fused-ring (bicyclic) bond motifs is 1. The minimum absolute atomic E-state index is 0.285. The number of hydrogen-bond donors (Lipinski definition) is 1. The van der Waals surface area contributed by atoms with Gasteiger partial charge < -0.3 is 47.8 Å². The van der Waals surface area contributed by atoms with E-state index in [0.717, 1.165) is 11.9 Å². The van der Waals surface area contributed by atoms with Crippen LogP contribution in [0.2, 0.25) is 0 Å². The molecule has 4 heterocycles. The second kappa shape index (κ2) is 9.92. The maximum Gasteiger partial charge on any atom is 0.309 e. The van der Waals surface area contributed by atoms with E-state index in [1.54, 1.807) is 14.2 Å². The molecule has 11 heteroatoms. The summed E-state index contributed by atoms with van der Waals surface area (Å²) in [7, 11) is 4.64. The molecule has 7 aliphatic rings. The van der Waals surface area contributed by atoms with Crippen molar-refractivity contribution in [3.8, 4) is 0 Å². The van der Waals surface area contributed by atoms with Gasteiger partial charge in [0.1, 0.15) is 23.6 Å². The second-order valence-electron chi connectivity index (χ2n) is 15.2. The highest BCUT2D eigenvalue weighted by Crippen LogP contribution is 2.80. The molecule has 3 saturated heterocycles. The summed E-state index contributed by atoms with van der Waals surface area (Å²) < 4.78 is 49.9. The maximum absolute atomic E-state index is 13.7. The summed E-state index contributed by atoms with van der Waals surface area (Å²) in [6, 6.07) is 0. The van der Waals surface area contributed by atoms with Gasteiger partial charge in [0.25, 0.3) is 0 Å². The zero-order valence-corrected chi connectivity index (χ0v) is 27.7. The third-order valence-corrected chi connectivity index (χ3v) is 13.4. The van der Waals surface area contributed by atoms with Crippen molar-refractivity contribution in [2.75, 3.05) is 27.9 Å². The number of hydrogen-bond acceptors (Lipinski definition) is 11. The van der Waals surface area contributed by atoms with Crippen molar-refractivity contribution in [3.63, 3.8) is 0 Å². The predicted octanol–water partition coefficient (Wildman–Crippen LogP) is 2.93. The Morgan fingerprint density at radius 1 is 1.09 bits per heavy atom. The molecule has 2 unspecified atom stereocenters. The molecule has 16 atom stereocenters. The molecule has 2 saturated carbocycles. The third kappa shape index (κ3) is 3.49. The molecule has 250 valence electrons. The van der Waals surface area contributed by atoms with E-state index in [4.69, 9.17) is 37.9 Å². The zero-order valence-electron chi connectivity index (χ0n) is 27.7. The Morgan fingerprint density at radius 2 is 1.82 bits per heavy atom. The number of methoxy groups -OCH3 is 3. The van der Waals surface area contributed by atoms with Crippen LogP contribution in [0.15, 0.2) is 23.8 Å². The normalized spacial score (nSPS) is 56.0. The van der Waals surface area contributed by atoms with Crippen LogP contribution >= 0.6 is 0 Å². The highest BCUT2D eigenvalue weighted by molar-refractivity contribution is 5.73. The Kier molecular flexibility index (Phi) is 7.02. The minimum atomic E-state index is -1.51. The Morgan fingerprint density at radius 3 is 2.44 bits per heavy atom. The third-order valence-electron chi connectivity index (χ3n) is 13.4. The highest BCUT2D eigenvalue weighted by atomic mass is 16.8. The lowest BCUT2D eigenvalue weighted by molar-refractivity contribution is -0.266. The lowest BCUT2D eigenvalue weighted by Crippen LogP contribution is -2.76. The maximum atomic E-state index is 13.7. The molecule has 45 heavy (non-hydrogen) atoms. The predicted molar refractivity (Wildman–Crippen MR) is 157 cm³/mol. The number of aliphatic hydroxyl groups is 1. The van der Waals surface area contributed by atoms with Crippen LogP contribution in [0.25, 0.3) is 0 Å². The molecular weight excluding hydrogens is 584 g/mol. The van der Waals surface area contributed by atoms with Crippen LogP contribution in [0.3, 0.4) is 0 Å². The highest BCUT2D eigenvalue weighted by Gasteiger charge is 2.91. The van der Waals surface area contributed by atoms with E-state index < -0.39 is 70.0 Å². The van der Waals surface area contributed by atoms with Crippen LogP contribution in [0.1, 0.15) is 54.4 Å². The fourth-order valence-corrected chi connectivity index (χ4v) is 11.0. The standard InChI is InChI=1S/C34H48O11/c1-10-17(2)25(36)43-24-22-23-29(3,16-41-22)11-12-33(37)28(40-9)44-27(31(23,33)5)32(24,6)34-20(45-34)14-19(30(34,4)15-35)18-13-21(38-7)42-26(18)39-8/h11-13,15,17,19-24,26-28,37H,10,14,16H2,1-9H3/t17?,19-,20+,21-,22-,23?,24-,26+,27+,28-,29+,30-,31+,32-,33+,34+/m1/s1. The monoisotopic (exact) mass is 632 g/mol. The number of esters is 1. The first-order valence-corrected chi connectivity index (χ1v) is 16.2. The molecule has 1 N–H and O–H groups in total. The Hall–Kier alpha value is -1.70. The zero-order chi connectivity index (χ0) is 32.5. The van der Waals surface area contributed by atoms with E-state index in [-0.39, 0.29) is 29.8 Å². The molecule has 3 aliphatic carbocycles. The van der Waals surface area contributed by atoms with Gasteiger partial charge in [0.15, 0.2) is 18.9 Å². The van der Waals surface area contributed by atoms with Crippen molar-refractivity contribution in [2.45, 2.75) is 109 Å². The second-order valence-corrected chi connectivity index (χ2v) is 15.2. The van der Waals surface area contributed by atoms with Gasteiger partial charge in [-0.2, -0.15) is 0 Å². The van der Waals surface area contributed by atoms with Crippen molar-refractivity contribution in [2.24, 2.45) is 39.4 Å². The largest absolute Gasteiger partial charge is 0.459 e. The fraction of sp³-hybridized carbons (Fsp3) is 0.824. The summed E-state index contributed by atoms with van der Waals surface area (Å²) in [5.74, 6) is -1.31. The lowest BCUT2D eigenvalue weighted by Gasteiger charge is -2.64. The van der Waals surface area contributed by atoms with E-state index in [1.165, 1.54) is 7.11 Å². The Balaban J connectivity index is 1.43. The summed E-state index contributed by atoms with van der Waals surface area (Å²) in [5, 5.41) is 12.5. The van der Waals surface area contributed by atoms with Gasteiger partial charge >= 0.3 is 5.97 Å². The van der Waals surface area contributed by atoms with Crippen LogP contribution in [0.5, 0.6) is 0 Å². The molecular formula is C34H48O11. The smallest absolute Gasteiger partial charge is 0.309 e. The van der Waals surface area contributed by atoms with Gasteiger partial charge in [-0.05, 0) is 31.4 Å². The van der Waals surface area contributed by atoms with Gasteiger partial charge in [-0.3, -0.25) is 4.79 Å². The molecule has 0 bridgehead atoms. The molecule has 0 aromatic rings. The summed E-state index contributed by atoms with van der Waals surface area (Å²) >= 11 is 0. The summed E-state index contributed by atoms with van der Waals surface area (Å²) in [5.41, 5.74) is -5.56. The molecule has 11 nitrogen and oxygen atoms in total.